The van der Waals surface area contributed by atoms with Gasteiger partial charge in [0, 0.05) is 13.0 Å². The van der Waals surface area contributed by atoms with Gasteiger partial charge < -0.3 is 34.3 Å². The molecular formula is C53H92O12S. The zero-order valence-electron chi connectivity index (χ0n) is 41.0. The monoisotopic (exact) mass is 953 g/mol. The molecule has 6 atom stereocenters. The second-order valence-electron chi connectivity index (χ2n) is 17.4. The van der Waals surface area contributed by atoms with Crippen molar-refractivity contribution in [1.29, 1.82) is 0 Å². The Labute approximate surface area is 401 Å². The van der Waals surface area contributed by atoms with Crippen molar-refractivity contribution in [2.75, 3.05) is 26.4 Å². The summed E-state index contributed by atoms with van der Waals surface area (Å²) in [6, 6.07) is 0. The topological polar surface area (TPSA) is 178 Å². The van der Waals surface area contributed by atoms with Gasteiger partial charge in [-0.15, -0.1) is 0 Å². The molecule has 4 N–H and O–H groups in total. The molecule has 1 fully saturated rings. The van der Waals surface area contributed by atoms with Crippen LogP contribution in [0.1, 0.15) is 194 Å². The van der Waals surface area contributed by atoms with Gasteiger partial charge in [-0.3, -0.25) is 9.35 Å². The highest BCUT2D eigenvalue weighted by molar-refractivity contribution is 7.80. The van der Waals surface area contributed by atoms with Gasteiger partial charge in [0.05, 0.1) is 19.8 Å². The van der Waals surface area contributed by atoms with Crippen LogP contribution in [0, 0.1) is 0 Å². The van der Waals surface area contributed by atoms with Crippen LogP contribution in [0.5, 0.6) is 0 Å². The molecule has 0 aromatic carbocycles. The molecule has 1 aliphatic rings. The van der Waals surface area contributed by atoms with Crippen LogP contribution in [0.15, 0.2) is 72.9 Å². The predicted molar refractivity (Wildman–Crippen MR) is 266 cm³/mol. The second-order valence-corrected chi connectivity index (χ2v) is 18.4. The third-order valence-electron chi connectivity index (χ3n) is 11.3. The first-order chi connectivity index (χ1) is 32.1. The lowest BCUT2D eigenvalue weighted by Gasteiger charge is -2.41. The first kappa shape index (κ1) is 61.6. The number of carbonyl (C=O) groups excluding carboxylic acids is 1. The van der Waals surface area contributed by atoms with Crippen molar-refractivity contribution in [3.05, 3.63) is 72.9 Å². The summed E-state index contributed by atoms with van der Waals surface area (Å²) in [5, 5.41) is 30.7. The molecule has 382 valence electrons. The number of unbranched alkanes of at least 4 members (excludes halogenated alkanes) is 19. The van der Waals surface area contributed by atoms with Gasteiger partial charge in [-0.2, -0.15) is 8.42 Å². The Bertz CT molecular complexity index is 1420. The summed E-state index contributed by atoms with van der Waals surface area (Å²) >= 11 is 0. The van der Waals surface area contributed by atoms with E-state index < -0.39 is 59.8 Å². The molecule has 0 radical (unpaired) electrons. The molecule has 6 unspecified atom stereocenters. The van der Waals surface area contributed by atoms with Gasteiger partial charge in [0.25, 0.3) is 0 Å². The van der Waals surface area contributed by atoms with Gasteiger partial charge in [-0.1, -0.05) is 183 Å². The number of hydrogen-bond acceptors (Lipinski definition) is 11. The first-order valence-electron chi connectivity index (χ1n) is 25.7. The van der Waals surface area contributed by atoms with E-state index >= 15 is 0 Å². The molecule has 66 heavy (non-hydrogen) atoms. The lowest BCUT2D eigenvalue weighted by atomic mass is 9.99. The van der Waals surface area contributed by atoms with Gasteiger partial charge in [-0.05, 0) is 77.0 Å². The molecule has 0 aromatic rings. The largest absolute Gasteiger partial charge is 0.457 e. The van der Waals surface area contributed by atoms with Crippen molar-refractivity contribution in [2.24, 2.45) is 0 Å². The third-order valence-corrected chi connectivity index (χ3v) is 11.8. The molecule has 1 saturated heterocycles. The van der Waals surface area contributed by atoms with Crippen molar-refractivity contribution in [3.63, 3.8) is 0 Å². The molecule has 0 aliphatic carbocycles. The van der Waals surface area contributed by atoms with Gasteiger partial charge in [0.2, 0.25) is 0 Å². The van der Waals surface area contributed by atoms with Crippen molar-refractivity contribution in [1.82, 2.24) is 0 Å². The minimum Gasteiger partial charge on any atom is -0.457 e. The van der Waals surface area contributed by atoms with E-state index in [1.807, 2.05) is 6.08 Å². The molecule has 0 amide bonds. The molecule has 1 rings (SSSR count). The number of aliphatic hydroxyl groups is 3. The molecule has 0 saturated carbocycles. The Hall–Kier alpha value is -2.46. The standard InChI is InChI=1S/C53H92O12S/c1-3-5-7-9-11-13-15-17-19-21-22-23-24-25-27-29-31-33-35-37-39-41-43-61-45-47(46-62-53-51(57)52(65-66(58,59)60)50(56)48(44-54)64-53)63-49(55)42-40-38-36-34-32-30-28-26-20-18-16-14-12-10-8-6-4-2/h6,8,12,14,18,20-22,28,30,34,36,47-48,50-54,56-57H,3-5,7,9-11,13,15-17,19,23-27,29,31-33,35,37-46H2,1-2H3,(H,58,59,60)/b8-6-,14-12-,20-18-,22-21-,30-28-,36-34-. The first-order valence-corrected chi connectivity index (χ1v) is 27.1. The van der Waals surface area contributed by atoms with Crippen LogP contribution < -0.4 is 0 Å². The van der Waals surface area contributed by atoms with E-state index in [2.05, 4.69) is 84.9 Å². The molecule has 0 spiro atoms. The highest BCUT2D eigenvalue weighted by atomic mass is 32.3. The molecule has 0 aromatic heterocycles. The SMILES string of the molecule is CC/C=C\C/C=C\C/C=C\C/C=C\C/C=C\CCCC(=O)OC(COCCCCCCCCCCCC/C=C\CCCCCCCCCC)COC1OC(CO)C(O)C(OS(=O)(=O)O)C1O. The van der Waals surface area contributed by atoms with Crippen LogP contribution in [0.2, 0.25) is 0 Å². The highest BCUT2D eigenvalue weighted by Gasteiger charge is 2.48. The highest BCUT2D eigenvalue weighted by Crippen LogP contribution is 2.26. The van der Waals surface area contributed by atoms with E-state index in [9.17, 15) is 33.1 Å². The van der Waals surface area contributed by atoms with Crippen LogP contribution in [0.4, 0.5) is 0 Å². The lowest BCUT2D eigenvalue weighted by Crippen LogP contribution is -2.60. The minimum atomic E-state index is -5.08. The molecule has 1 heterocycles. The quantitative estimate of drug-likeness (QED) is 0.0197. The normalized spacial score (nSPS) is 20.1. The Balaban J connectivity index is 2.39. The lowest BCUT2D eigenvalue weighted by molar-refractivity contribution is -0.301. The van der Waals surface area contributed by atoms with Crippen molar-refractivity contribution < 1.29 is 56.2 Å². The molecule has 12 nitrogen and oxygen atoms in total. The summed E-state index contributed by atoms with van der Waals surface area (Å²) in [5.41, 5.74) is 0. The minimum absolute atomic E-state index is 0.00930. The summed E-state index contributed by atoms with van der Waals surface area (Å²) in [5.74, 6) is -0.456. The fraction of sp³-hybridized carbons (Fsp3) is 0.755. The average molecular weight is 953 g/mol. The summed E-state index contributed by atoms with van der Waals surface area (Å²) in [7, 11) is -5.08. The number of hydrogen-bond donors (Lipinski definition) is 4. The fourth-order valence-electron chi connectivity index (χ4n) is 7.47. The van der Waals surface area contributed by atoms with Crippen LogP contribution in [0.25, 0.3) is 0 Å². The van der Waals surface area contributed by atoms with Gasteiger partial charge in [-0.25, -0.2) is 4.18 Å². The Morgan fingerprint density at radius 2 is 1.05 bits per heavy atom. The van der Waals surface area contributed by atoms with Crippen molar-refractivity contribution in [2.45, 2.75) is 230 Å². The van der Waals surface area contributed by atoms with Crippen molar-refractivity contribution >= 4 is 16.4 Å². The maximum Gasteiger partial charge on any atom is 0.397 e. The molecule has 13 heteroatoms. The smallest absolute Gasteiger partial charge is 0.397 e. The van der Waals surface area contributed by atoms with E-state index in [4.69, 9.17) is 18.9 Å². The molecular weight excluding hydrogens is 861 g/mol. The Morgan fingerprint density at radius 1 is 0.591 bits per heavy atom. The fourth-order valence-corrected chi connectivity index (χ4v) is 7.98. The summed E-state index contributed by atoms with van der Waals surface area (Å²) < 4.78 is 59.2. The zero-order valence-corrected chi connectivity index (χ0v) is 41.8. The second kappa shape index (κ2) is 43.8. The van der Waals surface area contributed by atoms with Crippen molar-refractivity contribution in [3.8, 4) is 0 Å². The zero-order chi connectivity index (χ0) is 48.2. The third kappa shape index (κ3) is 36.6. The number of aliphatic hydroxyl groups excluding tert-OH is 3. The van der Waals surface area contributed by atoms with Gasteiger partial charge >= 0.3 is 16.4 Å². The van der Waals surface area contributed by atoms with E-state index in [1.54, 1.807) is 0 Å². The van der Waals surface area contributed by atoms with E-state index in [-0.39, 0.29) is 19.6 Å². The Morgan fingerprint density at radius 3 is 1.55 bits per heavy atom. The van der Waals surface area contributed by atoms with E-state index in [1.165, 1.54) is 109 Å². The van der Waals surface area contributed by atoms with Crippen LogP contribution in [-0.4, -0.2) is 97.5 Å². The maximum atomic E-state index is 12.9. The van der Waals surface area contributed by atoms with Gasteiger partial charge in [0.1, 0.15) is 30.5 Å². The molecule has 1 aliphatic heterocycles. The number of rotatable bonds is 44. The van der Waals surface area contributed by atoms with E-state index in [0.29, 0.717) is 19.4 Å². The average Bonchev–Trinajstić information content (AvgIpc) is 3.29. The number of esters is 1. The predicted octanol–water partition coefficient (Wildman–Crippen LogP) is 11.9. The van der Waals surface area contributed by atoms with Crippen LogP contribution in [-0.2, 0) is 38.3 Å². The van der Waals surface area contributed by atoms with E-state index in [0.717, 1.165) is 51.4 Å². The van der Waals surface area contributed by atoms with Gasteiger partial charge in [0.15, 0.2) is 6.29 Å². The summed E-state index contributed by atoms with van der Waals surface area (Å²) in [4.78, 5) is 12.9. The summed E-state index contributed by atoms with van der Waals surface area (Å²) in [6.45, 7) is 3.81. The van der Waals surface area contributed by atoms with Crippen LogP contribution in [0.3, 0.4) is 0 Å². The molecule has 0 bridgehead atoms. The number of ether oxygens (including phenoxy) is 4. The number of allylic oxidation sites excluding steroid dienone is 12. The van der Waals surface area contributed by atoms with Crippen LogP contribution >= 0.6 is 0 Å². The summed E-state index contributed by atoms with van der Waals surface area (Å²) in [6.07, 6.45) is 48.0. The number of carbonyl (C=O) groups is 1. The maximum absolute atomic E-state index is 12.9. The Kier molecular flexibility index (Phi) is 40.8.